The summed E-state index contributed by atoms with van der Waals surface area (Å²) in [5.74, 6) is 0. The molecule has 7 heteroatoms. The Morgan fingerprint density at radius 2 is 1.94 bits per heavy atom. The van der Waals surface area contributed by atoms with E-state index in [-0.39, 0.29) is 11.1 Å². The van der Waals surface area contributed by atoms with E-state index >= 15 is 0 Å². The first-order valence-corrected chi connectivity index (χ1v) is 6.84. The predicted molar refractivity (Wildman–Crippen MR) is 66.2 cm³/mol. The number of aromatic amines is 1. The molecule has 0 spiro atoms. The summed E-state index contributed by atoms with van der Waals surface area (Å²) in [6.07, 6.45) is 5.92. The summed E-state index contributed by atoms with van der Waals surface area (Å²) >= 11 is 0. The first-order valence-electron chi connectivity index (χ1n) is 5.40. The molecule has 1 N–H and O–H groups in total. The molecule has 0 aliphatic carbocycles. The van der Waals surface area contributed by atoms with Crippen molar-refractivity contribution in [2.24, 2.45) is 0 Å². The molecule has 0 saturated carbocycles. The van der Waals surface area contributed by atoms with E-state index in [9.17, 15) is 8.42 Å². The minimum atomic E-state index is -3.55. The Morgan fingerprint density at radius 3 is 2.50 bits per heavy atom. The van der Waals surface area contributed by atoms with Crippen molar-refractivity contribution in [2.75, 3.05) is 7.05 Å². The largest absolute Gasteiger partial charge is 0.335 e. The molecule has 6 nitrogen and oxygen atoms in total. The van der Waals surface area contributed by atoms with Gasteiger partial charge in [-0.2, -0.15) is 4.31 Å². The summed E-state index contributed by atoms with van der Waals surface area (Å²) in [7, 11) is -2.01. The summed E-state index contributed by atoms with van der Waals surface area (Å²) in [5, 5.41) is 0.0888. The van der Waals surface area contributed by atoms with Gasteiger partial charge in [0.15, 0.2) is 5.03 Å². The van der Waals surface area contributed by atoms with Crippen LogP contribution in [0, 0.1) is 0 Å². The molecule has 2 rings (SSSR count). The van der Waals surface area contributed by atoms with Gasteiger partial charge in [0, 0.05) is 25.5 Å². The van der Waals surface area contributed by atoms with Gasteiger partial charge in [-0.1, -0.05) is 0 Å². The lowest BCUT2D eigenvalue weighted by Gasteiger charge is -2.23. The number of pyridine rings is 1. The average Bonchev–Trinajstić information content (AvgIpc) is 2.92. The van der Waals surface area contributed by atoms with Crippen molar-refractivity contribution in [3.05, 3.63) is 42.6 Å². The molecule has 96 valence electrons. The molecule has 0 amide bonds. The highest BCUT2D eigenvalue weighted by atomic mass is 32.2. The maximum Gasteiger partial charge on any atom is 0.260 e. The predicted octanol–water partition coefficient (Wildman–Crippen LogP) is 1.19. The summed E-state index contributed by atoms with van der Waals surface area (Å²) in [6, 6.07) is 3.31. The molecule has 0 radical (unpaired) electrons. The van der Waals surface area contributed by atoms with Gasteiger partial charge in [-0.3, -0.25) is 4.98 Å². The van der Waals surface area contributed by atoms with E-state index < -0.39 is 10.0 Å². The zero-order valence-corrected chi connectivity index (χ0v) is 10.9. The Kier molecular flexibility index (Phi) is 3.44. The van der Waals surface area contributed by atoms with Gasteiger partial charge < -0.3 is 4.98 Å². The first kappa shape index (κ1) is 12.7. The Bertz CT molecular complexity index is 595. The van der Waals surface area contributed by atoms with Gasteiger partial charge in [-0.25, -0.2) is 13.4 Å². The fraction of sp³-hybridized carbons (Fsp3) is 0.273. The highest BCUT2D eigenvalue weighted by molar-refractivity contribution is 7.89. The SMILES string of the molecule is CC(c1ccncc1)N(C)S(=O)(=O)c1cnc[nH]1. The maximum atomic E-state index is 12.2. The van der Waals surface area contributed by atoms with Crippen LogP contribution in [-0.2, 0) is 10.0 Å². The Balaban J connectivity index is 2.30. The van der Waals surface area contributed by atoms with E-state index in [0.29, 0.717) is 0 Å². The smallest absolute Gasteiger partial charge is 0.260 e. The zero-order valence-electron chi connectivity index (χ0n) is 10.1. The second-order valence-electron chi connectivity index (χ2n) is 3.89. The molecule has 1 unspecified atom stereocenters. The highest BCUT2D eigenvalue weighted by Crippen LogP contribution is 2.23. The van der Waals surface area contributed by atoms with Crippen LogP contribution in [0.5, 0.6) is 0 Å². The van der Waals surface area contributed by atoms with Crippen LogP contribution < -0.4 is 0 Å². The molecule has 0 aromatic carbocycles. The van der Waals surface area contributed by atoms with Gasteiger partial charge in [-0.05, 0) is 24.6 Å². The minimum absolute atomic E-state index is 0.0888. The molecule has 0 aliphatic rings. The van der Waals surface area contributed by atoms with Crippen molar-refractivity contribution in [1.29, 1.82) is 0 Å². The minimum Gasteiger partial charge on any atom is -0.335 e. The van der Waals surface area contributed by atoms with Crippen molar-refractivity contribution in [2.45, 2.75) is 18.0 Å². The Morgan fingerprint density at radius 1 is 1.28 bits per heavy atom. The van der Waals surface area contributed by atoms with Crippen LogP contribution in [0.1, 0.15) is 18.5 Å². The van der Waals surface area contributed by atoms with Crippen LogP contribution in [0.4, 0.5) is 0 Å². The van der Waals surface area contributed by atoms with E-state index in [1.807, 2.05) is 6.92 Å². The van der Waals surface area contributed by atoms with Crippen LogP contribution in [0.3, 0.4) is 0 Å². The van der Waals surface area contributed by atoms with Crippen LogP contribution in [0.25, 0.3) is 0 Å². The van der Waals surface area contributed by atoms with Crippen molar-refractivity contribution >= 4 is 10.0 Å². The number of rotatable bonds is 4. The summed E-state index contributed by atoms with van der Waals surface area (Å²) < 4.78 is 25.8. The fourth-order valence-electron chi connectivity index (χ4n) is 1.60. The van der Waals surface area contributed by atoms with Gasteiger partial charge in [0.05, 0.1) is 12.5 Å². The van der Waals surface area contributed by atoms with Gasteiger partial charge in [0.1, 0.15) is 0 Å². The number of nitrogens with zero attached hydrogens (tertiary/aromatic N) is 3. The fourth-order valence-corrected chi connectivity index (χ4v) is 2.84. The molecule has 0 bridgehead atoms. The van der Waals surface area contributed by atoms with Crippen LogP contribution in [0.15, 0.2) is 42.1 Å². The third kappa shape index (κ3) is 2.27. The van der Waals surface area contributed by atoms with Crippen molar-refractivity contribution < 1.29 is 8.42 Å². The van der Waals surface area contributed by atoms with Gasteiger partial charge in [0.25, 0.3) is 10.0 Å². The standard InChI is InChI=1S/C11H14N4O2S/c1-9(10-3-5-12-6-4-10)15(2)18(16,17)11-7-13-8-14-11/h3-9H,1-2H3,(H,13,14). The van der Waals surface area contributed by atoms with Crippen LogP contribution in [-0.4, -0.2) is 34.7 Å². The third-order valence-corrected chi connectivity index (χ3v) is 4.72. The first-order chi connectivity index (χ1) is 8.53. The number of hydrogen-bond acceptors (Lipinski definition) is 4. The van der Waals surface area contributed by atoms with E-state index in [0.717, 1.165) is 5.56 Å². The van der Waals surface area contributed by atoms with E-state index in [2.05, 4.69) is 15.0 Å². The number of sulfonamides is 1. The highest BCUT2D eigenvalue weighted by Gasteiger charge is 2.27. The Hall–Kier alpha value is -1.73. The molecule has 18 heavy (non-hydrogen) atoms. The van der Waals surface area contributed by atoms with Gasteiger partial charge in [-0.15, -0.1) is 0 Å². The number of H-pyrrole nitrogens is 1. The molecule has 2 aromatic rings. The van der Waals surface area contributed by atoms with Crippen LogP contribution >= 0.6 is 0 Å². The summed E-state index contributed by atoms with van der Waals surface area (Å²) in [4.78, 5) is 10.3. The molecule has 0 aliphatic heterocycles. The zero-order chi connectivity index (χ0) is 13.2. The second-order valence-corrected chi connectivity index (χ2v) is 5.86. The molecular formula is C11H14N4O2S. The van der Waals surface area contributed by atoms with Crippen molar-refractivity contribution in [3.63, 3.8) is 0 Å². The van der Waals surface area contributed by atoms with Gasteiger partial charge in [0.2, 0.25) is 0 Å². The normalized spacial score (nSPS) is 13.7. The monoisotopic (exact) mass is 266 g/mol. The lowest BCUT2D eigenvalue weighted by Crippen LogP contribution is -2.30. The lowest BCUT2D eigenvalue weighted by atomic mass is 10.1. The van der Waals surface area contributed by atoms with Gasteiger partial charge >= 0.3 is 0 Å². The number of imidazole rings is 1. The summed E-state index contributed by atoms with van der Waals surface area (Å²) in [5.41, 5.74) is 0.885. The topological polar surface area (TPSA) is 79.0 Å². The molecular weight excluding hydrogens is 252 g/mol. The number of nitrogens with one attached hydrogen (secondary N) is 1. The van der Waals surface area contributed by atoms with Crippen molar-refractivity contribution in [1.82, 2.24) is 19.3 Å². The third-order valence-electron chi connectivity index (χ3n) is 2.86. The van der Waals surface area contributed by atoms with E-state index in [1.54, 1.807) is 31.6 Å². The molecule has 0 saturated heterocycles. The quantitative estimate of drug-likeness (QED) is 0.901. The van der Waals surface area contributed by atoms with Crippen LogP contribution in [0.2, 0.25) is 0 Å². The molecule has 2 aromatic heterocycles. The van der Waals surface area contributed by atoms with E-state index in [1.165, 1.54) is 16.8 Å². The second kappa shape index (κ2) is 4.87. The lowest BCUT2D eigenvalue weighted by molar-refractivity contribution is 0.396. The number of aromatic nitrogens is 3. The summed E-state index contributed by atoms with van der Waals surface area (Å²) in [6.45, 7) is 1.82. The number of hydrogen-bond donors (Lipinski definition) is 1. The average molecular weight is 266 g/mol. The molecule has 1 atom stereocenters. The van der Waals surface area contributed by atoms with E-state index in [4.69, 9.17) is 0 Å². The molecule has 0 fully saturated rings. The maximum absolute atomic E-state index is 12.2. The van der Waals surface area contributed by atoms with Crippen molar-refractivity contribution in [3.8, 4) is 0 Å². The molecule has 2 heterocycles. The Labute approximate surface area is 106 Å².